The predicted octanol–water partition coefficient (Wildman–Crippen LogP) is 3.82. The quantitative estimate of drug-likeness (QED) is 0.925. The number of pyridine rings is 1. The van der Waals surface area contributed by atoms with E-state index in [1.165, 1.54) is 16.7 Å². The second kappa shape index (κ2) is 6.27. The summed E-state index contributed by atoms with van der Waals surface area (Å²) in [5.41, 5.74) is 3.81. The van der Waals surface area contributed by atoms with Gasteiger partial charge in [0.2, 0.25) is 0 Å². The number of rotatable bonds is 4. The largest absolute Gasteiger partial charge is 0.493 e. The van der Waals surface area contributed by atoms with E-state index in [4.69, 9.17) is 4.74 Å². The van der Waals surface area contributed by atoms with Gasteiger partial charge >= 0.3 is 0 Å². The van der Waals surface area contributed by atoms with Crippen LogP contribution in [0.25, 0.3) is 0 Å². The number of hydrogen-bond donors (Lipinski definition) is 1. The molecular weight excluding hydrogens is 260 g/mol. The normalized spacial score (nSPS) is 17.4. The highest BCUT2D eigenvalue weighted by atomic mass is 16.5. The first-order valence-corrected chi connectivity index (χ1v) is 7.63. The Hall–Kier alpha value is -1.87. The summed E-state index contributed by atoms with van der Waals surface area (Å²) < 4.78 is 5.95. The number of fused-ring (bicyclic) bond motifs is 1. The molecule has 1 aliphatic rings. The van der Waals surface area contributed by atoms with E-state index in [1.54, 1.807) is 0 Å². The molecule has 0 saturated heterocycles. The molecule has 110 valence electrons. The standard InChI is InChI=1S/C18H22N2O/c1-13(2)15-6-3-7-16-17(8-10-21-18(15)16)20-12-14-5-4-9-19-11-14/h3-7,9,11,13,17,20H,8,10,12H2,1-2H3. The van der Waals surface area contributed by atoms with Crippen LogP contribution < -0.4 is 10.1 Å². The summed E-state index contributed by atoms with van der Waals surface area (Å²) >= 11 is 0. The molecule has 1 aromatic heterocycles. The van der Waals surface area contributed by atoms with Crippen molar-refractivity contribution in [1.82, 2.24) is 10.3 Å². The van der Waals surface area contributed by atoms with E-state index in [0.717, 1.165) is 25.3 Å². The van der Waals surface area contributed by atoms with Crippen molar-refractivity contribution in [3.8, 4) is 5.75 Å². The second-order valence-electron chi connectivity index (χ2n) is 5.85. The van der Waals surface area contributed by atoms with Crippen LogP contribution in [-0.2, 0) is 6.54 Å². The van der Waals surface area contributed by atoms with Crippen molar-refractivity contribution in [2.45, 2.75) is 38.8 Å². The Kier molecular flexibility index (Phi) is 4.20. The number of ether oxygens (including phenoxy) is 1. The lowest BCUT2D eigenvalue weighted by Gasteiger charge is -2.29. The highest BCUT2D eigenvalue weighted by Gasteiger charge is 2.23. The molecule has 0 bridgehead atoms. The molecule has 0 radical (unpaired) electrons. The minimum atomic E-state index is 0.354. The van der Waals surface area contributed by atoms with Crippen LogP contribution in [0.15, 0.2) is 42.7 Å². The summed E-state index contributed by atoms with van der Waals surface area (Å²) in [7, 11) is 0. The van der Waals surface area contributed by atoms with Crippen molar-refractivity contribution >= 4 is 0 Å². The Bertz CT molecular complexity index is 595. The van der Waals surface area contributed by atoms with E-state index >= 15 is 0 Å². The maximum absolute atomic E-state index is 5.95. The van der Waals surface area contributed by atoms with Crippen LogP contribution >= 0.6 is 0 Å². The predicted molar refractivity (Wildman–Crippen MR) is 84.5 cm³/mol. The Labute approximate surface area is 126 Å². The summed E-state index contributed by atoms with van der Waals surface area (Å²) in [5.74, 6) is 1.57. The minimum Gasteiger partial charge on any atom is -0.493 e. The molecule has 0 aliphatic carbocycles. The van der Waals surface area contributed by atoms with Crippen molar-refractivity contribution in [2.75, 3.05) is 6.61 Å². The Morgan fingerprint density at radius 1 is 1.29 bits per heavy atom. The molecule has 3 nitrogen and oxygen atoms in total. The number of benzene rings is 1. The van der Waals surface area contributed by atoms with Crippen molar-refractivity contribution in [2.24, 2.45) is 0 Å². The van der Waals surface area contributed by atoms with Gasteiger partial charge in [-0.2, -0.15) is 0 Å². The van der Waals surface area contributed by atoms with Gasteiger partial charge in [-0.05, 0) is 23.1 Å². The van der Waals surface area contributed by atoms with Gasteiger partial charge in [-0.15, -0.1) is 0 Å². The van der Waals surface area contributed by atoms with Gasteiger partial charge in [0.15, 0.2) is 0 Å². The lowest BCUT2D eigenvalue weighted by Crippen LogP contribution is -2.27. The zero-order valence-electron chi connectivity index (χ0n) is 12.7. The maximum Gasteiger partial charge on any atom is 0.127 e. The highest BCUT2D eigenvalue weighted by Crippen LogP contribution is 2.38. The van der Waals surface area contributed by atoms with Crippen molar-refractivity contribution in [1.29, 1.82) is 0 Å². The number of para-hydroxylation sites is 1. The summed E-state index contributed by atoms with van der Waals surface area (Å²) in [4.78, 5) is 4.17. The van der Waals surface area contributed by atoms with E-state index in [1.807, 2.05) is 18.5 Å². The number of nitrogens with one attached hydrogen (secondary N) is 1. The molecule has 3 heteroatoms. The van der Waals surface area contributed by atoms with Crippen LogP contribution in [0.2, 0.25) is 0 Å². The van der Waals surface area contributed by atoms with Gasteiger partial charge < -0.3 is 10.1 Å². The molecule has 0 saturated carbocycles. The van der Waals surface area contributed by atoms with Gasteiger partial charge in [0, 0.05) is 37.0 Å². The van der Waals surface area contributed by atoms with Gasteiger partial charge in [0.05, 0.1) is 6.61 Å². The zero-order chi connectivity index (χ0) is 14.7. The van der Waals surface area contributed by atoms with Gasteiger partial charge in [0.1, 0.15) is 5.75 Å². The highest BCUT2D eigenvalue weighted by molar-refractivity contribution is 5.46. The van der Waals surface area contributed by atoms with Crippen LogP contribution in [0.3, 0.4) is 0 Å². The summed E-state index contributed by atoms with van der Waals surface area (Å²) in [6.07, 6.45) is 4.73. The molecule has 1 aliphatic heterocycles. The van der Waals surface area contributed by atoms with Crippen LogP contribution in [0, 0.1) is 0 Å². The Morgan fingerprint density at radius 3 is 2.95 bits per heavy atom. The first kappa shape index (κ1) is 14.1. The van der Waals surface area contributed by atoms with Crippen LogP contribution in [0.4, 0.5) is 0 Å². The van der Waals surface area contributed by atoms with E-state index in [0.29, 0.717) is 12.0 Å². The molecule has 1 aromatic carbocycles. The summed E-state index contributed by atoms with van der Waals surface area (Å²) in [5, 5.41) is 3.64. The van der Waals surface area contributed by atoms with E-state index in [-0.39, 0.29) is 0 Å². The summed E-state index contributed by atoms with van der Waals surface area (Å²) in [6.45, 7) is 6.04. The van der Waals surface area contributed by atoms with Crippen LogP contribution in [0.1, 0.15) is 48.9 Å². The first-order chi connectivity index (χ1) is 10.3. The zero-order valence-corrected chi connectivity index (χ0v) is 12.7. The second-order valence-corrected chi connectivity index (χ2v) is 5.85. The fraction of sp³-hybridized carbons (Fsp3) is 0.389. The van der Waals surface area contributed by atoms with E-state index in [2.05, 4.69) is 48.4 Å². The van der Waals surface area contributed by atoms with Gasteiger partial charge in [-0.1, -0.05) is 38.1 Å². The van der Waals surface area contributed by atoms with Gasteiger partial charge in [-0.3, -0.25) is 4.98 Å². The Morgan fingerprint density at radius 2 is 2.19 bits per heavy atom. The number of nitrogens with zero attached hydrogens (tertiary/aromatic N) is 1. The third kappa shape index (κ3) is 3.08. The van der Waals surface area contributed by atoms with Crippen molar-refractivity contribution in [3.05, 3.63) is 59.4 Å². The van der Waals surface area contributed by atoms with Crippen LogP contribution in [0.5, 0.6) is 5.75 Å². The smallest absolute Gasteiger partial charge is 0.127 e. The monoisotopic (exact) mass is 282 g/mol. The molecular formula is C18H22N2O. The van der Waals surface area contributed by atoms with E-state index < -0.39 is 0 Å². The topological polar surface area (TPSA) is 34.1 Å². The number of aromatic nitrogens is 1. The number of hydrogen-bond acceptors (Lipinski definition) is 3. The molecule has 0 spiro atoms. The third-order valence-corrected chi connectivity index (χ3v) is 4.00. The first-order valence-electron chi connectivity index (χ1n) is 7.63. The van der Waals surface area contributed by atoms with Crippen molar-refractivity contribution in [3.63, 3.8) is 0 Å². The lowest BCUT2D eigenvalue weighted by atomic mass is 9.93. The molecule has 21 heavy (non-hydrogen) atoms. The molecule has 0 fully saturated rings. The SMILES string of the molecule is CC(C)c1cccc2c1OCCC2NCc1cccnc1. The fourth-order valence-corrected chi connectivity index (χ4v) is 2.86. The molecule has 2 aromatic rings. The van der Waals surface area contributed by atoms with Gasteiger partial charge in [0.25, 0.3) is 0 Å². The van der Waals surface area contributed by atoms with Crippen LogP contribution in [-0.4, -0.2) is 11.6 Å². The molecule has 3 rings (SSSR count). The molecule has 1 N–H and O–H groups in total. The molecule has 0 amide bonds. The maximum atomic E-state index is 5.95. The average Bonchev–Trinajstić information content (AvgIpc) is 2.53. The fourth-order valence-electron chi connectivity index (χ4n) is 2.86. The minimum absolute atomic E-state index is 0.354. The molecule has 1 atom stereocenters. The van der Waals surface area contributed by atoms with E-state index in [9.17, 15) is 0 Å². The van der Waals surface area contributed by atoms with Crippen molar-refractivity contribution < 1.29 is 4.74 Å². The molecule has 1 unspecified atom stereocenters. The van der Waals surface area contributed by atoms with Gasteiger partial charge in [-0.25, -0.2) is 0 Å². The third-order valence-electron chi connectivity index (χ3n) is 4.00. The Balaban J connectivity index is 1.79. The average molecular weight is 282 g/mol. The molecule has 2 heterocycles. The lowest BCUT2D eigenvalue weighted by molar-refractivity contribution is 0.249. The summed E-state index contributed by atoms with van der Waals surface area (Å²) in [6, 6.07) is 10.9.